The molecule has 0 aliphatic heterocycles. The highest BCUT2D eigenvalue weighted by molar-refractivity contribution is 7.89. The lowest BCUT2D eigenvalue weighted by molar-refractivity contribution is 0.564. The second kappa shape index (κ2) is 5.93. The van der Waals surface area contributed by atoms with Crippen molar-refractivity contribution in [1.82, 2.24) is 9.71 Å². The SMILES string of the molecule is CC(NS(=O)(=O)CCCN)c1cccnc1. The van der Waals surface area contributed by atoms with E-state index in [2.05, 4.69) is 9.71 Å². The Morgan fingerprint density at radius 2 is 2.31 bits per heavy atom. The molecule has 1 aromatic heterocycles. The molecule has 16 heavy (non-hydrogen) atoms. The molecule has 0 aliphatic rings. The summed E-state index contributed by atoms with van der Waals surface area (Å²) in [6.07, 6.45) is 3.77. The molecule has 0 fully saturated rings. The Morgan fingerprint density at radius 1 is 1.56 bits per heavy atom. The van der Waals surface area contributed by atoms with Crippen LogP contribution in [0.1, 0.15) is 24.9 Å². The number of nitrogens with two attached hydrogens (primary N) is 1. The van der Waals surface area contributed by atoms with Crippen molar-refractivity contribution in [3.8, 4) is 0 Å². The van der Waals surface area contributed by atoms with Gasteiger partial charge in [-0.3, -0.25) is 4.98 Å². The molecule has 6 heteroatoms. The molecule has 0 saturated carbocycles. The lowest BCUT2D eigenvalue weighted by Crippen LogP contribution is -2.30. The first kappa shape index (κ1) is 13.1. The largest absolute Gasteiger partial charge is 0.330 e. The average molecular weight is 243 g/mol. The number of sulfonamides is 1. The van der Waals surface area contributed by atoms with Gasteiger partial charge in [-0.05, 0) is 31.5 Å². The van der Waals surface area contributed by atoms with E-state index >= 15 is 0 Å². The van der Waals surface area contributed by atoms with E-state index < -0.39 is 10.0 Å². The van der Waals surface area contributed by atoms with Crippen LogP contribution in [0.2, 0.25) is 0 Å². The first-order chi connectivity index (χ1) is 7.55. The summed E-state index contributed by atoms with van der Waals surface area (Å²) in [5, 5.41) is 0. The van der Waals surface area contributed by atoms with Crippen molar-refractivity contribution >= 4 is 10.0 Å². The van der Waals surface area contributed by atoms with Crippen molar-refractivity contribution in [2.24, 2.45) is 5.73 Å². The summed E-state index contributed by atoms with van der Waals surface area (Å²) >= 11 is 0. The van der Waals surface area contributed by atoms with Crippen LogP contribution in [0.4, 0.5) is 0 Å². The van der Waals surface area contributed by atoms with E-state index in [1.165, 1.54) is 0 Å². The average Bonchev–Trinajstić information content (AvgIpc) is 2.27. The van der Waals surface area contributed by atoms with Gasteiger partial charge in [0.05, 0.1) is 5.75 Å². The van der Waals surface area contributed by atoms with Crippen molar-refractivity contribution in [3.05, 3.63) is 30.1 Å². The van der Waals surface area contributed by atoms with E-state index in [-0.39, 0.29) is 11.8 Å². The van der Waals surface area contributed by atoms with Crippen LogP contribution in [-0.4, -0.2) is 25.7 Å². The summed E-state index contributed by atoms with van der Waals surface area (Å²) in [4.78, 5) is 3.94. The fourth-order valence-corrected chi connectivity index (χ4v) is 2.64. The zero-order valence-electron chi connectivity index (χ0n) is 9.26. The van der Waals surface area contributed by atoms with Gasteiger partial charge < -0.3 is 5.73 Å². The van der Waals surface area contributed by atoms with Crippen LogP contribution in [0.25, 0.3) is 0 Å². The Labute approximate surface area is 96.1 Å². The minimum atomic E-state index is -3.25. The lowest BCUT2D eigenvalue weighted by atomic mass is 10.2. The van der Waals surface area contributed by atoms with Crippen LogP contribution in [0, 0.1) is 0 Å². The summed E-state index contributed by atoms with van der Waals surface area (Å²) in [5.74, 6) is 0.0636. The molecule has 0 aliphatic carbocycles. The fourth-order valence-electron chi connectivity index (χ4n) is 1.30. The molecule has 1 rings (SSSR count). The number of nitrogens with one attached hydrogen (secondary N) is 1. The zero-order chi connectivity index (χ0) is 12.0. The van der Waals surface area contributed by atoms with Gasteiger partial charge in [0, 0.05) is 18.4 Å². The lowest BCUT2D eigenvalue weighted by Gasteiger charge is -2.13. The van der Waals surface area contributed by atoms with E-state index in [0.29, 0.717) is 13.0 Å². The van der Waals surface area contributed by atoms with Gasteiger partial charge in [-0.25, -0.2) is 13.1 Å². The maximum absolute atomic E-state index is 11.6. The van der Waals surface area contributed by atoms with E-state index in [1.54, 1.807) is 25.4 Å². The summed E-state index contributed by atoms with van der Waals surface area (Å²) in [7, 11) is -3.25. The first-order valence-corrected chi connectivity index (χ1v) is 6.80. The minimum absolute atomic E-state index is 0.0636. The normalized spacial score (nSPS) is 13.6. The molecular formula is C10H17N3O2S. The number of hydrogen-bond donors (Lipinski definition) is 2. The predicted molar refractivity (Wildman–Crippen MR) is 63.2 cm³/mol. The zero-order valence-corrected chi connectivity index (χ0v) is 10.1. The van der Waals surface area contributed by atoms with Gasteiger partial charge in [0.15, 0.2) is 0 Å². The molecule has 5 nitrogen and oxygen atoms in total. The smallest absolute Gasteiger partial charge is 0.212 e. The van der Waals surface area contributed by atoms with Crippen molar-refractivity contribution in [3.63, 3.8) is 0 Å². The molecular weight excluding hydrogens is 226 g/mol. The summed E-state index contributed by atoms with van der Waals surface area (Å²) < 4.78 is 25.8. The van der Waals surface area contributed by atoms with Crippen LogP contribution < -0.4 is 10.5 Å². The Hall–Kier alpha value is -0.980. The second-order valence-electron chi connectivity index (χ2n) is 3.59. The van der Waals surface area contributed by atoms with Gasteiger partial charge in [0.1, 0.15) is 0 Å². The highest BCUT2D eigenvalue weighted by Gasteiger charge is 2.14. The number of rotatable bonds is 6. The molecule has 0 spiro atoms. The molecule has 0 bridgehead atoms. The van der Waals surface area contributed by atoms with Gasteiger partial charge in [-0.15, -0.1) is 0 Å². The third-order valence-electron chi connectivity index (χ3n) is 2.16. The molecule has 1 aromatic rings. The third kappa shape index (κ3) is 4.26. The number of pyridine rings is 1. The standard InChI is InChI=1S/C10H17N3O2S/c1-9(10-4-2-6-12-8-10)13-16(14,15)7-3-5-11/h2,4,6,8-9,13H,3,5,7,11H2,1H3. The van der Waals surface area contributed by atoms with Crippen LogP contribution in [0.15, 0.2) is 24.5 Å². The highest BCUT2D eigenvalue weighted by Crippen LogP contribution is 2.11. The quantitative estimate of drug-likeness (QED) is 0.758. The number of nitrogens with zero attached hydrogens (tertiary/aromatic N) is 1. The van der Waals surface area contributed by atoms with Crippen LogP contribution >= 0.6 is 0 Å². The van der Waals surface area contributed by atoms with Gasteiger partial charge in [-0.1, -0.05) is 6.07 Å². The van der Waals surface area contributed by atoms with Gasteiger partial charge in [0.25, 0.3) is 0 Å². The molecule has 1 atom stereocenters. The van der Waals surface area contributed by atoms with Gasteiger partial charge in [-0.2, -0.15) is 0 Å². The van der Waals surface area contributed by atoms with E-state index in [1.807, 2.05) is 6.07 Å². The van der Waals surface area contributed by atoms with Crippen molar-refractivity contribution in [1.29, 1.82) is 0 Å². The second-order valence-corrected chi connectivity index (χ2v) is 5.46. The van der Waals surface area contributed by atoms with E-state index in [9.17, 15) is 8.42 Å². The summed E-state index contributed by atoms with van der Waals surface area (Å²) in [5.41, 5.74) is 6.12. The van der Waals surface area contributed by atoms with Crippen LogP contribution in [-0.2, 0) is 10.0 Å². The highest BCUT2D eigenvalue weighted by atomic mass is 32.2. The van der Waals surface area contributed by atoms with Crippen molar-refractivity contribution < 1.29 is 8.42 Å². The Bertz CT molecular complexity index is 405. The molecule has 1 heterocycles. The van der Waals surface area contributed by atoms with Gasteiger partial charge >= 0.3 is 0 Å². The molecule has 3 N–H and O–H groups in total. The van der Waals surface area contributed by atoms with Crippen molar-refractivity contribution in [2.75, 3.05) is 12.3 Å². The molecule has 0 amide bonds. The van der Waals surface area contributed by atoms with Crippen LogP contribution in [0.5, 0.6) is 0 Å². The Kier molecular flexibility index (Phi) is 4.85. The molecule has 0 saturated heterocycles. The first-order valence-electron chi connectivity index (χ1n) is 5.15. The number of aromatic nitrogens is 1. The van der Waals surface area contributed by atoms with E-state index in [4.69, 9.17) is 5.73 Å². The topological polar surface area (TPSA) is 85.1 Å². The molecule has 1 unspecified atom stereocenters. The van der Waals surface area contributed by atoms with Crippen molar-refractivity contribution in [2.45, 2.75) is 19.4 Å². The minimum Gasteiger partial charge on any atom is -0.330 e. The number of hydrogen-bond acceptors (Lipinski definition) is 4. The molecule has 0 aromatic carbocycles. The fraction of sp³-hybridized carbons (Fsp3) is 0.500. The third-order valence-corrected chi connectivity index (χ3v) is 3.70. The maximum Gasteiger partial charge on any atom is 0.212 e. The van der Waals surface area contributed by atoms with Gasteiger partial charge in [0.2, 0.25) is 10.0 Å². The van der Waals surface area contributed by atoms with E-state index in [0.717, 1.165) is 5.56 Å². The summed E-state index contributed by atoms with van der Waals surface area (Å²) in [6.45, 7) is 2.17. The monoisotopic (exact) mass is 243 g/mol. The maximum atomic E-state index is 11.6. The Morgan fingerprint density at radius 3 is 2.88 bits per heavy atom. The molecule has 90 valence electrons. The molecule has 0 radical (unpaired) electrons. The summed E-state index contributed by atoms with van der Waals surface area (Å²) in [6, 6.07) is 3.35. The Balaban J connectivity index is 2.61. The van der Waals surface area contributed by atoms with Crippen LogP contribution in [0.3, 0.4) is 0 Å². The predicted octanol–water partition coefficient (Wildman–Crippen LogP) is 0.411.